The molecule has 4 heteroatoms. The van der Waals surface area contributed by atoms with Gasteiger partial charge in [0, 0.05) is 0 Å². The van der Waals surface area contributed by atoms with Gasteiger partial charge in [0.15, 0.2) is 0 Å². The van der Waals surface area contributed by atoms with Gasteiger partial charge in [-0.2, -0.15) is 0 Å². The Morgan fingerprint density at radius 2 is 0.933 bits per heavy atom. The number of rotatable bonds is 16. The zero-order valence-corrected chi connectivity index (χ0v) is 19.7. The smallest absolute Gasteiger partial charge is 0.418 e. The molecule has 0 bridgehead atoms. The molecule has 2 aromatic rings. The second kappa shape index (κ2) is 15.3. The summed E-state index contributed by atoms with van der Waals surface area (Å²) in [5, 5.41) is 0. The zero-order valence-electron chi connectivity index (χ0n) is 18.8. The second-order valence-electron chi connectivity index (χ2n) is 8.04. The van der Waals surface area contributed by atoms with Crippen LogP contribution in [0.25, 0.3) is 0 Å². The summed E-state index contributed by atoms with van der Waals surface area (Å²) in [5.41, 5.74) is 2.62. The van der Waals surface area contributed by atoms with E-state index in [1.165, 1.54) is 75.3 Å². The summed E-state index contributed by atoms with van der Waals surface area (Å²) in [5.74, 6) is 1.28. The van der Waals surface area contributed by atoms with Crippen molar-refractivity contribution in [3.8, 4) is 11.5 Å². The van der Waals surface area contributed by atoms with Crippen LogP contribution >= 0.6 is 8.60 Å². The maximum atomic E-state index is 10.2. The molecule has 0 aromatic heterocycles. The molecule has 2 rings (SSSR count). The lowest BCUT2D eigenvalue weighted by Crippen LogP contribution is -1.95. The summed E-state index contributed by atoms with van der Waals surface area (Å²) in [6.45, 7) is 4.48. The fourth-order valence-corrected chi connectivity index (χ4v) is 4.14. The van der Waals surface area contributed by atoms with E-state index in [0.29, 0.717) is 11.5 Å². The molecule has 0 saturated heterocycles. The topological polar surface area (TPSA) is 38.7 Å². The van der Waals surface area contributed by atoms with E-state index in [4.69, 9.17) is 9.05 Å². The summed E-state index contributed by atoms with van der Waals surface area (Å²) in [7, 11) is -1.99. The van der Waals surface area contributed by atoms with Crippen molar-refractivity contribution in [1.29, 1.82) is 0 Å². The summed E-state index contributed by atoms with van der Waals surface area (Å²) < 4.78 is 11.1. The van der Waals surface area contributed by atoms with Crippen molar-refractivity contribution in [2.75, 3.05) is 0 Å². The third kappa shape index (κ3) is 10.5. The van der Waals surface area contributed by atoms with Crippen LogP contribution in [0.4, 0.5) is 0 Å². The Morgan fingerprint density at radius 1 is 0.567 bits per heavy atom. The van der Waals surface area contributed by atoms with Crippen molar-refractivity contribution >= 4 is 8.60 Å². The quantitative estimate of drug-likeness (QED) is 0.215. The normalized spacial score (nSPS) is 11.1. The first-order valence-corrected chi connectivity index (χ1v) is 12.9. The Labute approximate surface area is 184 Å². The van der Waals surface area contributed by atoms with Crippen LogP contribution in [-0.2, 0) is 12.8 Å². The highest BCUT2D eigenvalue weighted by Crippen LogP contribution is 2.36. The molecule has 0 heterocycles. The first-order valence-electron chi connectivity index (χ1n) is 11.7. The Morgan fingerprint density at radius 3 is 1.30 bits per heavy atom. The molecule has 3 nitrogen and oxygen atoms in total. The molecule has 0 saturated carbocycles. The molecule has 2 aromatic carbocycles. The van der Waals surface area contributed by atoms with Crippen LogP contribution in [0.5, 0.6) is 11.5 Å². The van der Waals surface area contributed by atoms with Gasteiger partial charge in [-0.05, 0) is 61.1 Å². The van der Waals surface area contributed by atoms with E-state index in [1.54, 1.807) is 0 Å². The number of aryl methyl sites for hydroxylation is 2. The summed E-state index contributed by atoms with van der Waals surface area (Å²) >= 11 is 0. The van der Waals surface area contributed by atoms with Crippen LogP contribution in [0.3, 0.4) is 0 Å². The molecule has 0 unspecified atom stereocenters. The standard InChI is InChI=1S/C26H39O3P/c1-3-5-7-9-11-13-23-15-19-25(20-16-23)28-30(27)29-26-21-17-24(18-22-26)14-12-10-8-6-4-2/h15-22,27H,3-14H2,1-2H3. The van der Waals surface area contributed by atoms with Gasteiger partial charge in [-0.25, -0.2) is 0 Å². The van der Waals surface area contributed by atoms with E-state index in [1.807, 2.05) is 24.3 Å². The van der Waals surface area contributed by atoms with Gasteiger partial charge in [-0.3, -0.25) is 0 Å². The van der Waals surface area contributed by atoms with Crippen LogP contribution in [0.2, 0.25) is 0 Å². The van der Waals surface area contributed by atoms with Crippen LogP contribution in [-0.4, -0.2) is 4.89 Å². The average molecular weight is 431 g/mol. The molecule has 0 radical (unpaired) electrons. The van der Waals surface area contributed by atoms with Crippen molar-refractivity contribution in [3.05, 3.63) is 59.7 Å². The molecule has 0 aliphatic rings. The summed E-state index contributed by atoms with van der Waals surface area (Å²) in [6.07, 6.45) is 15.1. The SMILES string of the molecule is CCCCCCCc1ccc(OP(O)Oc2ccc(CCCCCCC)cc2)cc1. The second-order valence-corrected chi connectivity index (χ2v) is 8.88. The van der Waals surface area contributed by atoms with Crippen LogP contribution in [0.15, 0.2) is 48.5 Å². The summed E-state index contributed by atoms with van der Waals surface area (Å²) in [4.78, 5) is 10.2. The third-order valence-corrected chi connectivity index (χ3v) is 6.09. The highest BCUT2D eigenvalue weighted by molar-refractivity contribution is 7.41. The maximum absolute atomic E-state index is 10.2. The van der Waals surface area contributed by atoms with Crippen LogP contribution < -0.4 is 9.05 Å². The minimum Gasteiger partial charge on any atom is -0.418 e. The minimum absolute atomic E-state index is 0.641. The Kier molecular flexibility index (Phi) is 12.6. The first-order chi connectivity index (χ1) is 14.7. The van der Waals surface area contributed by atoms with Crippen molar-refractivity contribution < 1.29 is 13.9 Å². The molecule has 1 N–H and O–H groups in total. The van der Waals surface area contributed by atoms with E-state index >= 15 is 0 Å². The number of hydrogen-bond acceptors (Lipinski definition) is 3. The summed E-state index contributed by atoms with van der Waals surface area (Å²) in [6, 6.07) is 16.0. The lowest BCUT2D eigenvalue weighted by molar-refractivity contribution is 0.381. The molecule has 0 spiro atoms. The lowest BCUT2D eigenvalue weighted by Gasteiger charge is -2.13. The molecule has 0 aliphatic heterocycles. The maximum Gasteiger partial charge on any atom is 0.460 e. The van der Waals surface area contributed by atoms with Gasteiger partial charge in [-0.1, -0.05) is 89.5 Å². The van der Waals surface area contributed by atoms with Gasteiger partial charge in [-0.15, -0.1) is 0 Å². The molecule has 0 fully saturated rings. The highest BCUT2D eigenvalue weighted by atomic mass is 31.2. The predicted molar refractivity (Wildman–Crippen MR) is 128 cm³/mol. The van der Waals surface area contributed by atoms with Gasteiger partial charge >= 0.3 is 8.60 Å². The van der Waals surface area contributed by atoms with Gasteiger partial charge in [0.25, 0.3) is 0 Å². The van der Waals surface area contributed by atoms with E-state index in [0.717, 1.165) is 12.8 Å². The van der Waals surface area contributed by atoms with Gasteiger partial charge in [0.05, 0.1) is 0 Å². The van der Waals surface area contributed by atoms with Crippen molar-refractivity contribution in [2.45, 2.75) is 90.9 Å². The lowest BCUT2D eigenvalue weighted by atomic mass is 10.1. The average Bonchev–Trinajstić information content (AvgIpc) is 2.76. The molecular weight excluding hydrogens is 391 g/mol. The Hall–Kier alpha value is -1.57. The van der Waals surface area contributed by atoms with E-state index in [9.17, 15) is 4.89 Å². The number of unbranched alkanes of at least 4 members (excludes halogenated alkanes) is 8. The third-order valence-electron chi connectivity index (χ3n) is 5.35. The highest BCUT2D eigenvalue weighted by Gasteiger charge is 2.11. The Balaban J connectivity index is 1.68. The molecule has 0 atom stereocenters. The van der Waals surface area contributed by atoms with Crippen molar-refractivity contribution in [2.24, 2.45) is 0 Å². The zero-order chi connectivity index (χ0) is 21.4. The molecule has 0 amide bonds. The van der Waals surface area contributed by atoms with Gasteiger partial charge in [0.2, 0.25) is 0 Å². The first kappa shape index (κ1) is 24.7. The number of hydrogen-bond donors (Lipinski definition) is 1. The molecular formula is C26H39O3P. The predicted octanol–water partition coefficient (Wildman–Crippen LogP) is 8.39. The van der Waals surface area contributed by atoms with E-state index in [-0.39, 0.29) is 0 Å². The molecule has 166 valence electrons. The largest absolute Gasteiger partial charge is 0.460 e. The molecule has 0 aliphatic carbocycles. The minimum atomic E-state index is -1.99. The van der Waals surface area contributed by atoms with E-state index in [2.05, 4.69) is 38.1 Å². The van der Waals surface area contributed by atoms with Crippen molar-refractivity contribution in [1.82, 2.24) is 0 Å². The van der Waals surface area contributed by atoms with Crippen LogP contribution in [0.1, 0.15) is 89.2 Å². The monoisotopic (exact) mass is 430 g/mol. The van der Waals surface area contributed by atoms with E-state index < -0.39 is 8.60 Å². The Bertz CT molecular complexity index is 610. The van der Waals surface area contributed by atoms with Crippen molar-refractivity contribution in [3.63, 3.8) is 0 Å². The van der Waals surface area contributed by atoms with Crippen LogP contribution in [0, 0.1) is 0 Å². The van der Waals surface area contributed by atoms with Gasteiger partial charge < -0.3 is 13.9 Å². The number of benzene rings is 2. The molecule has 30 heavy (non-hydrogen) atoms. The fraction of sp³-hybridized carbons (Fsp3) is 0.538. The van der Waals surface area contributed by atoms with Gasteiger partial charge in [0.1, 0.15) is 11.5 Å². The fourth-order valence-electron chi connectivity index (χ4n) is 3.50.